The van der Waals surface area contributed by atoms with Crippen LogP contribution in [0.25, 0.3) is 93.8 Å². The fourth-order valence-corrected chi connectivity index (χ4v) is 8.42. The minimum atomic E-state index is -0.161. The molecule has 10 aromatic rings. The summed E-state index contributed by atoms with van der Waals surface area (Å²) in [6, 6.07) is 65.1. The molecule has 0 radical (unpaired) electrons. The Morgan fingerprint density at radius 1 is 0.569 bits per heavy atom. The molecule has 284 valence electrons. The molecule has 0 aliphatic carbocycles. The summed E-state index contributed by atoms with van der Waals surface area (Å²) >= 11 is 0. The van der Waals surface area contributed by atoms with Gasteiger partial charge in [0.25, 0.3) is 0 Å². The van der Waals surface area contributed by atoms with Crippen molar-refractivity contribution < 1.29 is 25.5 Å². The smallest absolute Gasteiger partial charge is 0.136 e. The second-order valence-electron chi connectivity index (χ2n) is 15.7. The molecule has 0 atom stereocenters. The van der Waals surface area contributed by atoms with Crippen LogP contribution in [0.15, 0.2) is 175 Å². The fourth-order valence-electron chi connectivity index (χ4n) is 8.42. The molecular weight excluding hydrogens is 892 g/mol. The summed E-state index contributed by atoms with van der Waals surface area (Å²) in [5, 5.41) is 5.46. The van der Waals surface area contributed by atoms with Gasteiger partial charge in [-0.3, -0.25) is 0 Å². The molecule has 0 unspecified atom stereocenters. The van der Waals surface area contributed by atoms with Gasteiger partial charge in [0.2, 0.25) is 0 Å². The van der Waals surface area contributed by atoms with Crippen LogP contribution in [0.4, 0.5) is 0 Å². The molecule has 11 rings (SSSR count). The first-order chi connectivity index (χ1) is 27.9. The molecular formula is C52H37N4OPt-3. The van der Waals surface area contributed by atoms with E-state index in [2.05, 4.69) is 198 Å². The maximum Gasteiger partial charge on any atom is 0.136 e. The topological polar surface area (TPSA) is 40.3 Å². The van der Waals surface area contributed by atoms with Crippen LogP contribution < -0.4 is 0 Å². The second-order valence-corrected chi connectivity index (χ2v) is 15.7. The third-order valence-electron chi connectivity index (χ3n) is 11.2. The van der Waals surface area contributed by atoms with Gasteiger partial charge in [0.1, 0.15) is 5.65 Å². The summed E-state index contributed by atoms with van der Waals surface area (Å²) in [6.45, 7) is 6.80. The van der Waals surface area contributed by atoms with Gasteiger partial charge in [-0.05, 0) is 73.4 Å². The van der Waals surface area contributed by atoms with Crippen LogP contribution in [0.2, 0.25) is 0 Å². The van der Waals surface area contributed by atoms with Gasteiger partial charge in [0.05, 0.1) is 5.52 Å². The van der Waals surface area contributed by atoms with Crippen LogP contribution in [-0.2, 0) is 26.5 Å². The van der Waals surface area contributed by atoms with Crippen molar-refractivity contribution >= 4 is 71.3 Å². The van der Waals surface area contributed by atoms with E-state index < -0.39 is 0 Å². The van der Waals surface area contributed by atoms with Crippen molar-refractivity contribution in [1.82, 2.24) is 18.5 Å². The minimum absolute atomic E-state index is 0. The van der Waals surface area contributed by atoms with Crippen molar-refractivity contribution in [3.05, 3.63) is 188 Å². The van der Waals surface area contributed by atoms with Gasteiger partial charge in [-0.25, -0.2) is 4.98 Å². The molecule has 6 heteroatoms. The quantitative estimate of drug-likeness (QED) is 0.154. The van der Waals surface area contributed by atoms with E-state index in [4.69, 9.17) is 9.40 Å². The molecule has 3 aromatic heterocycles. The molecule has 0 spiro atoms. The summed E-state index contributed by atoms with van der Waals surface area (Å²) in [4.78, 5) is 5.58. The Morgan fingerprint density at radius 3 is 2.05 bits per heavy atom. The Balaban J connectivity index is 0.00000408. The first-order valence-corrected chi connectivity index (χ1v) is 19.4. The summed E-state index contributed by atoms with van der Waals surface area (Å²) in [5.74, 6) is 0. The maximum atomic E-state index is 6.63. The zero-order valence-corrected chi connectivity index (χ0v) is 34.5. The second kappa shape index (κ2) is 13.8. The van der Waals surface area contributed by atoms with Gasteiger partial charge >= 0.3 is 0 Å². The van der Waals surface area contributed by atoms with Crippen LogP contribution >= 0.6 is 0 Å². The van der Waals surface area contributed by atoms with Gasteiger partial charge in [-0.2, -0.15) is 24.3 Å². The van der Waals surface area contributed by atoms with Gasteiger partial charge in [-0.15, -0.1) is 29.1 Å². The molecule has 0 saturated carbocycles. The van der Waals surface area contributed by atoms with E-state index in [1.54, 1.807) is 0 Å². The average Bonchev–Trinajstić information content (AvgIpc) is 3.79. The van der Waals surface area contributed by atoms with Crippen molar-refractivity contribution in [3.63, 3.8) is 0 Å². The molecule has 4 heterocycles. The first kappa shape index (κ1) is 35.8. The molecule has 1 aliphatic rings. The van der Waals surface area contributed by atoms with E-state index in [0.29, 0.717) is 11.2 Å². The van der Waals surface area contributed by atoms with Crippen LogP contribution in [0, 0.1) is 12.1 Å². The largest absolute Gasteiger partial charge is 0.510 e. The van der Waals surface area contributed by atoms with E-state index in [1.807, 2.05) is 18.2 Å². The van der Waals surface area contributed by atoms with E-state index in [-0.39, 0.29) is 26.5 Å². The van der Waals surface area contributed by atoms with Crippen LogP contribution in [0.1, 0.15) is 26.3 Å². The number of hydrogen-bond acceptors (Lipinski definition) is 2. The van der Waals surface area contributed by atoms with E-state index in [0.717, 1.165) is 82.7 Å². The van der Waals surface area contributed by atoms with Crippen LogP contribution in [0.3, 0.4) is 0 Å². The number of nitrogens with zero attached hydrogens (tertiary/aromatic N) is 4. The van der Waals surface area contributed by atoms with Crippen molar-refractivity contribution in [2.24, 2.45) is 0 Å². The Labute approximate surface area is 350 Å². The monoisotopic (exact) mass is 928 g/mol. The summed E-state index contributed by atoms with van der Waals surface area (Å²) in [7, 11) is 0. The summed E-state index contributed by atoms with van der Waals surface area (Å²) in [5.41, 5.74) is 12.2. The zero-order valence-electron chi connectivity index (χ0n) is 32.2. The molecule has 0 N–H and O–H groups in total. The number of para-hydroxylation sites is 4. The number of imidazole rings is 1. The molecule has 1 aliphatic heterocycles. The molecule has 5 nitrogen and oxygen atoms in total. The van der Waals surface area contributed by atoms with Crippen LogP contribution in [-0.4, -0.2) is 18.5 Å². The Morgan fingerprint density at radius 2 is 1.24 bits per heavy atom. The van der Waals surface area contributed by atoms with E-state index in [1.165, 1.54) is 5.56 Å². The van der Waals surface area contributed by atoms with E-state index >= 15 is 0 Å². The molecule has 0 amide bonds. The standard InChI is InChI=1S/C52H37N4O.Pt/c1-52(2,3)35-29-45-41-20-8-7-19-40(41)44-23-14-22-39(34-15-5-4-6-16-34)51(44)55-33-54(47-25-11-12-26-48(47)55)36-17-13-18-37(31-36)57-38-27-28-43-42-21-9-10-24-46(42)56(49(43)32-38)50(30-35)53-45;/h4-30,33H,1-3H3;/q-3;. The molecule has 8 bridgehead atoms. The first-order valence-electron chi connectivity index (χ1n) is 19.4. The fraction of sp³-hybridized carbons (Fsp3) is 0.0769. The van der Waals surface area contributed by atoms with Crippen LogP contribution in [0.5, 0.6) is 0 Å². The van der Waals surface area contributed by atoms with Crippen molar-refractivity contribution in [3.8, 4) is 22.5 Å². The molecule has 7 aromatic carbocycles. The number of benzene rings is 7. The molecule has 0 fully saturated rings. The predicted molar refractivity (Wildman–Crippen MR) is 235 cm³/mol. The number of hydrogen-bond donors (Lipinski definition) is 0. The third kappa shape index (κ3) is 5.80. The predicted octanol–water partition coefficient (Wildman–Crippen LogP) is 13.4. The van der Waals surface area contributed by atoms with Gasteiger partial charge in [0, 0.05) is 49.5 Å². The van der Waals surface area contributed by atoms with Gasteiger partial charge < -0.3 is 18.0 Å². The summed E-state index contributed by atoms with van der Waals surface area (Å²) in [6.07, 6.45) is 2.19. The minimum Gasteiger partial charge on any atom is -0.510 e. The Hall–Kier alpha value is -6.55. The van der Waals surface area contributed by atoms with Crippen molar-refractivity contribution in [2.45, 2.75) is 26.2 Å². The Bertz CT molecular complexity index is 3460. The molecule has 0 saturated heterocycles. The maximum absolute atomic E-state index is 6.63. The van der Waals surface area contributed by atoms with Crippen molar-refractivity contribution in [1.29, 1.82) is 0 Å². The van der Waals surface area contributed by atoms with Crippen molar-refractivity contribution in [2.75, 3.05) is 0 Å². The third-order valence-corrected chi connectivity index (χ3v) is 11.2. The summed E-state index contributed by atoms with van der Waals surface area (Å²) < 4.78 is 13.4. The number of rotatable bonds is 1. The van der Waals surface area contributed by atoms with Gasteiger partial charge in [0.15, 0.2) is 0 Å². The number of pyridine rings is 1. The average molecular weight is 929 g/mol. The zero-order chi connectivity index (χ0) is 38.3. The molecule has 58 heavy (non-hydrogen) atoms. The van der Waals surface area contributed by atoms with E-state index in [9.17, 15) is 0 Å². The number of aromatic nitrogens is 4. The van der Waals surface area contributed by atoms with Gasteiger partial charge in [-0.1, -0.05) is 142 Å². The Kier molecular flexibility index (Phi) is 8.54. The SMILES string of the molecule is CC(C)(C)c1cc2nc(c1)n1c3[c-]c(ccc3c3ccccc31)oc1[c-]c(ccc1)n1[cH-]n(c3c(-c4ccccc4)cccc3c3ccccc23)-c2ccccc2-1.[Pt]. The number of fused-ring (bicyclic) bond motifs is 20. The normalized spacial score (nSPS) is 11.9.